The Bertz CT molecular complexity index is 124. The number of rotatable bonds is 2. The predicted molar refractivity (Wildman–Crippen MR) is 31.1 cm³/mol. The van der Waals surface area contributed by atoms with Gasteiger partial charge in [-0.25, -0.2) is 4.79 Å². The molecule has 0 saturated heterocycles. The first-order valence-corrected chi connectivity index (χ1v) is 2.16. The SMILES string of the molecule is C=CC(=O)OC(=C)C. The molecule has 0 fully saturated rings. The number of ether oxygens (including phenoxy) is 1. The van der Waals surface area contributed by atoms with Gasteiger partial charge in [-0.1, -0.05) is 13.2 Å². The second-order valence-corrected chi connectivity index (χ2v) is 1.33. The summed E-state index contributed by atoms with van der Waals surface area (Å²) in [4.78, 5) is 10.2. The molecule has 0 aliphatic heterocycles. The van der Waals surface area contributed by atoms with Crippen LogP contribution in [-0.2, 0) is 9.53 Å². The van der Waals surface area contributed by atoms with Crippen molar-refractivity contribution in [3.63, 3.8) is 0 Å². The molecule has 0 heterocycles. The van der Waals surface area contributed by atoms with Crippen LogP contribution in [0.2, 0.25) is 0 Å². The lowest BCUT2D eigenvalue weighted by Gasteiger charge is -1.94. The van der Waals surface area contributed by atoms with E-state index in [2.05, 4.69) is 17.9 Å². The van der Waals surface area contributed by atoms with Crippen LogP contribution in [-0.4, -0.2) is 5.97 Å². The fourth-order valence-electron chi connectivity index (χ4n) is 0.213. The average molecular weight is 112 g/mol. The van der Waals surface area contributed by atoms with Gasteiger partial charge in [0.15, 0.2) is 0 Å². The van der Waals surface area contributed by atoms with Crippen molar-refractivity contribution in [1.29, 1.82) is 0 Å². The van der Waals surface area contributed by atoms with E-state index in [-0.39, 0.29) is 0 Å². The van der Waals surface area contributed by atoms with E-state index in [0.717, 1.165) is 6.08 Å². The molecule has 0 atom stereocenters. The van der Waals surface area contributed by atoms with Gasteiger partial charge in [0.1, 0.15) is 0 Å². The molecule has 0 aliphatic carbocycles. The zero-order chi connectivity index (χ0) is 6.57. The topological polar surface area (TPSA) is 26.3 Å². The van der Waals surface area contributed by atoms with Crippen LogP contribution in [0.25, 0.3) is 0 Å². The molecule has 0 aliphatic rings. The van der Waals surface area contributed by atoms with E-state index >= 15 is 0 Å². The molecule has 8 heavy (non-hydrogen) atoms. The number of allylic oxidation sites excluding steroid dienone is 1. The van der Waals surface area contributed by atoms with E-state index in [1.165, 1.54) is 0 Å². The minimum atomic E-state index is -0.461. The fourth-order valence-corrected chi connectivity index (χ4v) is 0.213. The summed E-state index contributed by atoms with van der Waals surface area (Å²) in [6.07, 6.45) is 1.09. The van der Waals surface area contributed by atoms with E-state index in [9.17, 15) is 4.79 Å². The maximum Gasteiger partial charge on any atom is 0.335 e. The molecule has 44 valence electrons. The lowest BCUT2D eigenvalue weighted by molar-refractivity contribution is -0.133. The van der Waals surface area contributed by atoms with Crippen LogP contribution in [0, 0.1) is 0 Å². The molecular formula is C6H8O2. The highest BCUT2D eigenvalue weighted by atomic mass is 16.5. The molecular weight excluding hydrogens is 104 g/mol. The normalized spacial score (nSPS) is 7.62. The van der Waals surface area contributed by atoms with Crippen molar-refractivity contribution in [2.24, 2.45) is 0 Å². The van der Waals surface area contributed by atoms with Crippen LogP contribution in [0.3, 0.4) is 0 Å². The van der Waals surface area contributed by atoms with Crippen LogP contribution in [0.1, 0.15) is 6.92 Å². The van der Waals surface area contributed by atoms with Crippen molar-refractivity contribution in [3.8, 4) is 0 Å². The fraction of sp³-hybridized carbons (Fsp3) is 0.167. The van der Waals surface area contributed by atoms with Gasteiger partial charge in [0.05, 0.1) is 5.76 Å². The Morgan fingerprint density at radius 1 is 1.75 bits per heavy atom. The van der Waals surface area contributed by atoms with E-state index in [1.54, 1.807) is 6.92 Å². The van der Waals surface area contributed by atoms with Crippen LogP contribution in [0.5, 0.6) is 0 Å². The smallest absolute Gasteiger partial charge is 0.335 e. The summed E-state index contributed by atoms with van der Waals surface area (Å²) < 4.78 is 4.45. The first-order valence-electron chi connectivity index (χ1n) is 2.16. The highest BCUT2D eigenvalue weighted by molar-refractivity contribution is 5.81. The molecule has 2 heteroatoms. The summed E-state index contributed by atoms with van der Waals surface area (Å²) in [6.45, 7) is 8.15. The van der Waals surface area contributed by atoms with Gasteiger partial charge < -0.3 is 4.74 Å². The van der Waals surface area contributed by atoms with Crippen molar-refractivity contribution in [2.45, 2.75) is 6.92 Å². The first-order chi connectivity index (χ1) is 3.66. The summed E-state index contributed by atoms with van der Waals surface area (Å²) in [5.74, 6) is -0.0765. The second kappa shape index (κ2) is 3.02. The number of esters is 1. The van der Waals surface area contributed by atoms with Crippen LogP contribution >= 0.6 is 0 Å². The van der Waals surface area contributed by atoms with Gasteiger partial charge in [-0.3, -0.25) is 0 Å². The molecule has 0 rings (SSSR count). The molecule has 0 aromatic rings. The zero-order valence-corrected chi connectivity index (χ0v) is 4.81. The molecule has 0 spiro atoms. The molecule has 0 aromatic carbocycles. The molecule has 0 aromatic heterocycles. The molecule has 2 nitrogen and oxygen atoms in total. The Morgan fingerprint density at radius 3 is 2.38 bits per heavy atom. The lowest BCUT2D eigenvalue weighted by atomic mass is 10.6. The van der Waals surface area contributed by atoms with Crippen LogP contribution < -0.4 is 0 Å². The summed E-state index contributed by atoms with van der Waals surface area (Å²) in [7, 11) is 0. The van der Waals surface area contributed by atoms with Gasteiger partial charge in [0.25, 0.3) is 0 Å². The van der Waals surface area contributed by atoms with Crippen molar-refractivity contribution in [2.75, 3.05) is 0 Å². The Hall–Kier alpha value is -1.05. The Balaban J connectivity index is 3.55. The minimum absolute atomic E-state index is 0.384. The number of hydrogen-bond donors (Lipinski definition) is 0. The van der Waals surface area contributed by atoms with Gasteiger partial charge in [-0.15, -0.1) is 0 Å². The summed E-state index contributed by atoms with van der Waals surface area (Å²) in [6, 6.07) is 0. The van der Waals surface area contributed by atoms with Crippen LogP contribution in [0.15, 0.2) is 25.0 Å². The lowest BCUT2D eigenvalue weighted by Crippen LogP contribution is -1.95. The second-order valence-electron chi connectivity index (χ2n) is 1.33. The summed E-state index contributed by atoms with van der Waals surface area (Å²) >= 11 is 0. The monoisotopic (exact) mass is 112 g/mol. The number of hydrogen-bond acceptors (Lipinski definition) is 2. The molecule has 0 N–H and O–H groups in total. The van der Waals surface area contributed by atoms with E-state index in [0.29, 0.717) is 5.76 Å². The van der Waals surface area contributed by atoms with Crippen molar-refractivity contribution < 1.29 is 9.53 Å². The van der Waals surface area contributed by atoms with E-state index in [1.807, 2.05) is 0 Å². The summed E-state index contributed by atoms with van der Waals surface area (Å²) in [5, 5.41) is 0. The van der Waals surface area contributed by atoms with Gasteiger partial charge in [0, 0.05) is 6.08 Å². The van der Waals surface area contributed by atoms with Gasteiger partial charge >= 0.3 is 5.97 Å². The van der Waals surface area contributed by atoms with Crippen LogP contribution in [0.4, 0.5) is 0 Å². The Labute approximate surface area is 48.5 Å². The molecule has 0 bridgehead atoms. The van der Waals surface area contributed by atoms with E-state index in [4.69, 9.17) is 0 Å². The maximum absolute atomic E-state index is 10.2. The van der Waals surface area contributed by atoms with Gasteiger partial charge in [0.2, 0.25) is 0 Å². The standard InChI is InChI=1S/C6H8O2/c1-4-6(7)8-5(2)3/h4H,1-2H2,3H3. The molecule has 0 amide bonds. The third-order valence-electron chi connectivity index (χ3n) is 0.441. The largest absolute Gasteiger partial charge is 0.429 e. The van der Waals surface area contributed by atoms with Crippen molar-refractivity contribution in [1.82, 2.24) is 0 Å². The molecule has 0 unspecified atom stereocenters. The minimum Gasteiger partial charge on any atom is -0.429 e. The molecule has 0 saturated carbocycles. The highest BCUT2D eigenvalue weighted by Gasteiger charge is 1.91. The molecule has 0 radical (unpaired) electrons. The Kier molecular flexibility index (Phi) is 2.62. The number of carbonyl (C=O) groups excluding carboxylic acids is 1. The highest BCUT2D eigenvalue weighted by Crippen LogP contribution is 1.89. The third kappa shape index (κ3) is 3.15. The van der Waals surface area contributed by atoms with Crippen molar-refractivity contribution >= 4 is 5.97 Å². The predicted octanol–water partition coefficient (Wildman–Crippen LogP) is 1.25. The summed E-state index contributed by atoms with van der Waals surface area (Å²) in [5.41, 5.74) is 0. The average Bonchev–Trinajstić information content (AvgIpc) is 1.65. The van der Waals surface area contributed by atoms with Gasteiger partial charge in [-0.2, -0.15) is 0 Å². The Morgan fingerprint density at radius 2 is 2.25 bits per heavy atom. The number of carbonyl (C=O) groups is 1. The zero-order valence-electron chi connectivity index (χ0n) is 4.81. The van der Waals surface area contributed by atoms with E-state index < -0.39 is 5.97 Å². The first kappa shape index (κ1) is 6.95. The third-order valence-corrected chi connectivity index (χ3v) is 0.441. The van der Waals surface area contributed by atoms with Gasteiger partial charge in [-0.05, 0) is 6.92 Å². The maximum atomic E-state index is 10.2. The quantitative estimate of drug-likeness (QED) is 0.305. The van der Waals surface area contributed by atoms with Crippen molar-refractivity contribution in [3.05, 3.63) is 25.0 Å².